The van der Waals surface area contributed by atoms with Crippen molar-refractivity contribution in [3.05, 3.63) is 78.8 Å². The molecule has 0 spiro atoms. The minimum atomic E-state index is -1.23. The Morgan fingerprint density at radius 1 is 0.806 bits per heavy atom. The monoisotopic (exact) mass is 688 g/mol. The molecule has 0 amide bonds. The molecule has 0 heterocycles. The third-order valence-corrected chi connectivity index (χ3v) is 6.18. The van der Waals surface area contributed by atoms with E-state index in [1.54, 1.807) is 0 Å². The summed E-state index contributed by atoms with van der Waals surface area (Å²) in [5, 5.41) is 0. The van der Waals surface area contributed by atoms with E-state index in [2.05, 4.69) is 129 Å². The molecule has 2 aromatic carbocycles. The van der Waals surface area contributed by atoms with E-state index < -0.39 is 16.1 Å². The first kappa shape index (κ1) is 32.6. The predicted molar refractivity (Wildman–Crippen MR) is 164 cm³/mol. The van der Waals surface area contributed by atoms with Crippen LogP contribution in [0.3, 0.4) is 0 Å². The highest BCUT2D eigenvalue weighted by atomic mass is 127. The van der Waals surface area contributed by atoms with Crippen LogP contribution in [0.2, 0.25) is 39.3 Å². The summed E-state index contributed by atoms with van der Waals surface area (Å²) in [5.41, 5.74) is 8.34. The molecule has 0 bridgehead atoms. The molecular formula is C26H35Br2ISi2. The van der Waals surface area contributed by atoms with Gasteiger partial charge in [0.25, 0.3) is 0 Å². The van der Waals surface area contributed by atoms with Gasteiger partial charge in [0.15, 0.2) is 0 Å². The predicted octanol–water partition coefficient (Wildman–Crippen LogP) is 9.81. The average Bonchev–Trinajstić information content (AvgIpc) is 2.63. The minimum Gasteiger partial charge on any atom is -0.135 e. The summed E-state index contributed by atoms with van der Waals surface area (Å²) in [6.45, 7) is 20.7. The summed E-state index contributed by atoms with van der Waals surface area (Å²) < 4.78 is 3.51. The van der Waals surface area contributed by atoms with Gasteiger partial charge in [-0.3, -0.25) is 0 Å². The Kier molecular flexibility index (Phi) is 17.9. The molecule has 0 radical (unpaired) electrons. The number of benzene rings is 2. The van der Waals surface area contributed by atoms with Gasteiger partial charge < -0.3 is 0 Å². The van der Waals surface area contributed by atoms with Gasteiger partial charge >= 0.3 is 0 Å². The number of terminal acetylenes is 1. The van der Waals surface area contributed by atoms with E-state index in [9.17, 15) is 0 Å². The molecule has 0 fully saturated rings. The smallest absolute Gasteiger partial charge is 0.129 e. The first-order valence-corrected chi connectivity index (χ1v) is 19.5. The number of hydrogen-bond donors (Lipinski definition) is 0. The van der Waals surface area contributed by atoms with Crippen molar-refractivity contribution < 1.29 is 0 Å². The fourth-order valence-corrected chi connectivity index (χ4v) is 2.63. The largest absolute Gasteiger partial charge is 0.135 e. The van der Waals surface area contributed by atoms with Crippen LogP contribution in [0.15, 0.2) is 69.6 Å². The Balaban J connectivity index is 0. The van der Waals surface area contributed by atoms with Crippen molar-refractivity contribution in [1.29, 1.82) is 0 Å². The summed E-state index contributed by atoms with van der Waals surface area (Å²) in [5.74, 6) is 3.20. The molecule has 5 heteroatoms. The number of rotatable bonds is 0. The van der Waals surface area contributed by atoms with Crippen molar-refractivity contribution in [2.24, 2.45) is 0 Å². The second-order valence-electron chi connectivity index (χ2n) is 9.04. The quantitative estimate of drug-likeness (QED) is 0.112. The third kappa shape index (κ3) is 27.4. The van der Waals surface area contributed by atoms with Gasteiger partial charge in [-0.1, -0.05) is 82.6 Å². The van der Waals surface area contributed by atoms with Gasteiger partial charge in [-0.2, -0.15) is 0 Å². The van der Waals surface area contributed by atoms with Gasteiger partial charge in [-0.05, 0) is 85.0 Å². The summed E-state index contributed by atoms with van der Waals surface area (Å²) in [6, 6.07) is 16.3. The molecular weight excluding hydrogens is 655 g/mol. The third-order valence-electron chi connectivity index (χ3n) is 2.66. The van der Waals surface area contributed by atoms with Gasteiger partial charge in [0.1, 0.15) is 16.1 Å². The van der Waals surface area contributed by atoms with Crippen molar-refractivity contribution in [2.75, 3.05) is 0 Å². The minimum absolute atomic E-state index is 1.10. The molecule has 0 aliphatic carbocycles. The van der Waals surface area contributed by atoms with Crippen LogP contribution in [0.5, 0.6) is 0 Å². The molecule has 31 heavy (non-hydrogen) atoms. The normalized spacial score (nSPS) is 9.61. The lowest BCUT2D eigenvalue weighted by Gasteiger charge is -2.03. The summed E-state index contributed by atoms with van der Waals surface area (Å²) in [7, 11) is -2.33. The Hall–Kier alpha value is -0.576. The molecule has 0 N–H and O–H groups in total. The zero-order chi connectivity index (χ0) is 24.7. The first-order valence-electron chi connectivity index (χ1n) is 9.85. The van der Waals surface area contributed by atoms with Crippen LogP contribution in [0, 0.1) is 27.0 Å². The van der Waals surface area contributed by atoms with Gasteiger partial charge in [-0.25, -0.2) is 0 Å². The van der Waals surface area contributed by atoms with E-state index in [4.69, 9.17) is 6.42 Å². The van der Waals surface area contributed by atoms with Crippen molar-refractivity contribution in [3.8, 4) is 23.4 Å². The Labute approximate surface area is 224 Å². The summed E-state index contributed by atoms with van der Waals surface area (Å²) in [6.07, 6.45) is 5.12. The molecule has 2 aromatic rings. The van der Waals surface area contributed by atoms with E-state index in [1.165, 1.54) is 9.14 Å². The van der Waals surface area contributed by atoms with Gasteiger partial charge in [0.05, 0.1) is 0 Å². The lowest BCUT2D eigenvalue weighted by molar-refractivity contribution is 1.42. The van der Waals surface area contributed by atoms with E-state index >= 15 is 0 Å². The molecule has 0 aromatic heterocycles. The Morgan fingerprint density at radius 2 is 1.13 bits per heavy atom. The molecule has 0 unspecified atom stereocenters. The molecule has 2 rings (SSSR count). The number of hydrogen-bond acceptors (Lipinski definition) is 0. The van der Waals surface area contributed by atoms with Gasteiger partial charge in [0.2, 0.25) is 0 Å². The number of allylic oxidation sites excluding steroid dienone is 1. The van der Waals surface area contributed by atoms with Crippen molar-refractivity contribution in [3.63, 3.8) is 0 Å². The molecule has 168 valence electrons. The van der Waals surface area contributed by atoms with Crippen molar-refractivity contribution in [1.82, 2.24) is 0 Å². The maximum atomic E-state index is 5.12. The average molecular weight is 690 g/mol. The van der Waals surface area contributed by atoms with E-state index in [1.807, 2.05) is 50.2 Å². The van der Waals surface area contributed by atoms with Crippen LogP contribution in [0.4, 0.5) is 0 Å². The van der Waals surface area contributed by atoms with Crippen LogP contribution in [-0.2, 0) is 0 Å². The highest BCUT2D eigenvalue weighted by Gasteiger charge is 2.07. The highest BCUT2D eigenvalue weighted by molar-refractivity contribution is 14.1. The van der Waals surface area contributed by atoms with E-state index in [0.29, 0.717) is 0 Å². The lowest BCUT2D eigenvalue weighted by Crippen LogP contribution is -2.16. The first-order chi connectivity index (χ1) is 14.1. The SMILES string of the molecule is Brc1ccc(I)cc1.C#C[Si](C)(C)C.C=C(C)C.C[Si](C)(C)C#Cc1ccc(Br)cc1. The van der Waals surface area contributed by atoms with Crippen molar-refractivity contribution in [2.45, 2.75) is 53.1 Å². The standard InChI is InChI=1S/C11H13BrSi.C6H4BrI.C5H10Si.C4H8/c1-13(2,3)9-8-10-4-6-11(12)7-5-10;7-5-1-3-6(8)4-2-5;1-5-6(2,3)4;1-4(2)3/h4-7H,1-3H3;1-4H;1H,2-4H3;1H2,2-3H3. The molecule has 0 nitrogen and oxygen atoms in total. The van der Waals surface area contributed by atoms with Gasteiger partial charge in [0, 0.05) is 18.1 Å². The van der Waals surface area contributed by atoms with E-state index in [0.717, 1.165) is 14.5 Å². The lowest BCUT2D eigenvalue weighted by atomic mass is 10.2. The molecule has 0 saturated heterocycles. The summed E-state index contributed by atoms with van der Waals surface area (Å²) in [4.78, 5) is 0. The van der Waals surface area contributed by atoms with Gasteiger partial charge in [-0.15, -0.1) is 24.1 Å². The Morgan fingerprint density at radius 3 is 1.39 bits per heavy atom. The fourth-order valence-electron chi connectivity index (χ4n) is 1.22. The zero-order valence-corrected chi connectivity index (χ0v) is 27.4. The van der Waals surface area contributed by atoms with Crippen LogP contribution in [0.25, 0.3) is 0 Å². The Bertz CT molecular complexity index is 846. The van der Waals surface area contributed by atoms with Crippen LogP contribution in [0.1, 0.15) is 19.4 Å². The number of halogens is 3. The van der Waals surface area contributed by atoms with E-state index in [-0.39, 0.29) is 0 Å². The second kappa shape index (κ2) is 17.0. The second-order valence-corrected chi connectivity index (χ2v) is 21.7. The summed E-state index contributed by atoms with van der Waals surface area (Å²) >= 11 is 9.01. The molecule has 0 aliphatic rings. The van der Waals surface area contributed by atoms with Crippen molar-refractivity contribution >= 4 is 70.6 Å². The topological polar surface area (TPSA) is 0 Å². The fraction of sp³-hybridized carbons (Fsp3) is 0.308. The highest BCUT2D eigenvalue weighted by Crippen LogP contribution is 2.11. The maximum absolute atomic E-state index is 5.12. The van der Waals surface area contributed by atoms with Crippen LogP contribution in [-0.4, -0.2) is 16.1 Å². The molecule has 0 aliphatic heterocycles. The van der Waals surface area contributed by atoms with Crippen LogP contribution >= 0.6 is 54.5 Å². The molecule has 0 atom stereocenters. The molecule has 0 saturated carbocycles. The zero-order valence-electron chi connectivity index (χ0n) is 20.0. The van der Waals surface area contributed by atoms with Crippen LogP contribution < -0.4 is 0 Å². The maximum Gasteiger partial charge on any atom is 0.129 e.